The molecule has 0 radical (unpaired) electrons. The molecule has 0 aromatic heterocycles. The van der Waals surface area contributed by atoms with Crippen LogP contribution in [0.2, 0.25) is 5.02 Å². The van der Waals surface area contributed by atoms with Gasteiger partial charge >= 0.3 is 0 Å². The third kappa shape index (κ3) is 6.44. The second-order valence-corrected chi connectivity index (χ2v) is 10.7. The minimum atomic E-state index is -3.51. The van der Waals surface area contributed by atoms with Gasteiger partial charge in [-0.1, -0.05) is 54.1 Å². The predicted molar refractivity (Wildman–Crippen MR) is 145 cm³/mol. The molecule has 6 nitrogen and oxygen atoms in total. The van der Waals surface area contributed by atoms with Crippen LogP contribution in [0, 0.1) is 6.92 Å². The van der Waals surface area contributed by atoms with Crippen LogP contribution in [0.1, 0.15) is 21.5 Å². The standard InChI is InChI=1S/C28H25ClN2O4S/c1-20-7-6-8-24(17-20)31(36(2,33)34)19-21-11-13-22(14-12-21)28(32)30-26-18-23(29)15-16-27(26)35-25-9-4-3-5-10-25/h3-18H,19H2,1-2H3,(H,30,32). The van der Waals surface area contributed by atoms with Crippen molar-refractivity contribution in [3.05, 3.63) is 119 Å². The van der Waals surface area contributed by atoms with E-state index in [1.807, 2.05) is 55.5 Å². The number of para-hydroxylation sites is 1. The molecule has 0 aliphatic carbocycles. The molecule has 4 aromatic rings. The Morgan fingerprint density at radius 2 is 1.64 bits per heavy atom. The van der Waals surface area contributed by atoms with E-state index >= 15 is 0 Å². The number of amides is 1. The molecule has 0 aliphatic rings. The van der Waals surface area contributed by atoms with Crippen molar-refractivity contribution in [2.75, 3.05) is 15.9 Å². The number of carbonyl (C=O) groups excluding carboxylic acids is 1. The molecule has 1 amide bonds. The average Bonchev–Trinajstić information content (AvgIpc) is 2.84. The van der Waals surface area contributed by atoms with E-state index in [1.54, 1.807) is 48.5 Å². The maximum absolute atomic E-state index is 13.0. The quantitative estimate of drug-likeness (QED) is 0.282. The molecule has 0 heterocycles. The van der Waals surface area contributed by atoms with Gasteiger partial charge in [-0.25, -0.2) is 8.42 Å². The van der Waals surface area contributed by atoms with Crippen molar-refractivity contribution >= 4 is 38.9 Å². The average molecular weight is 521 g/mol. The van der Waals surface area contributed by atoms with Crippen molar-refractivity contribution in [3.8, 4) is 11.5 Å². The molecule has 0 saturated heterocycles. The fraction of sp³-hybridized carbons (Fsp3) is 0.107. The van der Waals surface area contributed by atoms with Crippen LogP contribution in [0.3, 0.4) is 0 Å². The second kappa shape index (κ2) is 10.8. The number of nitrogens with zero attached hydrogens (tertiary/aromatic N) is 1. The lowest BCUT2D eigenvalue weighted by Gasteiger charge is -2.23. The van der Waals surface area contributed by atoms with E-state index in [9.17, 15) is 13.2 Å². The Hall–Kier alpha value is -3.81. The summed E-state index contributed by atoms with van der Waals surface area (Å²) in [6.45, 7) is 2.06. The van der Waals surface area contributed by atoms with E-state index in [0.29, 0.717) is 33.5 Å². The summed E-state index contributed by atoms with van der Waals surface area (Å²) in [5.74, 6) is 0.738. The van der Waals surface area contributed by atoms with Gasteiger partial charge in [0.2, 0.25) is 10.0 Å². The molecule has 184 valence electrons. The highest BCUT2D eigenvalue weighted by atomic mass is 35.5. The first-order chi connectivity index (χ1) is 17.2. The van der Waals surface area contributed by atoms with E-state index in [1.165, 1.54) is 10.6 Å². The number of halogens is 1. The molecular weight excluding hydrogens is 496 g/mol. The number of sulfonamides is 1. The molecule has 0 saturated carbocycles. The minimum Gasteiger partial charge on any atom is -0.455 e. The summed E-state index contributed by atoms with van der Waals surface area (Å²) in [6, 6.07) is 28.3. The predicted octanol–water partition coefficient (Wildman–Crippen LogP) is 6.66. The normalized spacial score (nSPS) is 11.1. The van der Waals surface area contributed by atoms with Gasteiger partial charge in [0, 0.05) is 10.6 Å². The highest BCUT2D eigenvalue weighted by Gasteiger charge is 2.18. The number of ether oxygens (including phenoxy) is 1. The molecule has 4 rings (SSSR count). The van der Waals surface area contributed by atoms with Crippen molar-refractivity contribution in [2.24, 2.45) is 0 Å². The van der Waals surface area contributed by atoms with Crippen molar-refractivity contribution in [2.45, 2.75) is 13.5 Å². The van der Waals surface area contributed by atoms with Gasteiger partial charge in [0.15, 0.2) is 5.75 Å². The molecule has 0 bridgehead atoms. The first kappa shape index (κ1) is 25.3. The minimum absolute atomic E-state index is 0.146. The number of benzene rings is 4. The summed E-state index contributed by atoms with van der Waals surface area (Å²) in [5, 5.41) is 3.31. The van der Waals surface area contributed by atoms with Crippen LogP contribution in [-0.2, 0) is 16.6 Å². The number of hydrogen-bond donors (Lipinski definition) is 1. The summed E-state index contributed by atoms with van der Waals surface area (Å²) in [4.78, 5) is 13.0. The van der Waals surface area contributed by atoms with Gasteiger partial charge in [0.1, 0.15) is 5.75 Å². The van der Waals surface area contributed by atoms with Crippen LogP contribution in [-0.4, -0.2) is 20.6 Å². The Labute approximate surface area is 216 Å². The van der Waals surface area contributed by atoms with Crippen molar-refractivity contribution in [3.63, 3.8) is 0 Å². The zero-order chi connectivity index (χ0) is 25.7. The number of nitrogens with one attached hydrogen (secondary N) is 1. The number of rotatable bonds is 8. The Morgan fingerprint density at radius 1 is 0.917 bits per heavy atom. The fourth-order valence-corrected chi connectivity index (χ4v) is 4.66. The van der Waals surface area contributed by atoms with Crippen LogP contribution >= 0.6 is 11.6 Å². The van der Waals surface area contributed by atoms with Crippen molar-refractivity contribution in [1.82, 2.24) is 0 Å². The molecule has 8 heteroatoms. The van der Waals surface area contributed by atoms with E-state index in [0.717, 1.165) is 11.1 Å². The second-order valence-electron chi connectivity index (χ2n) is 8.32. The van der Waals surface area contributed by atoms with Crippen molar-refractivity contribution < 1.29 is 17.9 Å². The number of hydrogen-bond acceptors (Lipinski definition) is 4. The molecule has 0 spiro atoms. The van der Waals surface area contributed by atoms with Crippen molar-refractivity contribution in [1.29, 1.82) is 0 Å². The summed E-state index contributed by atoms with van der Waals surface area (Å²) < 4.78 is 32.2. The molecule has 0 fully saturated rings. The first-order valence-corrected chi connectivity index (χ1v) is 13.4. The summed E-state index contributed by atoms with van der Waals surface area (Å²) in [5.41, 5.74) is 3.14. The van der Waals surface area contributed by atoms with Crippen LogP contribution in [0.25, 0.3) is 0 Å². The lowest BCUT2D eigenvalue weighted by atomic mass is 10.1. The third-order valence-corrected chi connectivity index (χ3v) is 6.77. The van der Waals surface area contributed by atoms with Gasteiger partial charge in [0.25, 0.3) is 5.91 Å². The first-order valence-electron chi connectivity index (χ1n) is 11.2. The molecule has 0 aliphatic heterocycles. The smallest absolute Gasteiger partial charge is 0.255 e. The number of aryl methyl sites for hydroxylation is 1. The lowest BCUT2D eigenvalue weighted by Crippen LogP contribution is -2.29. The van der Waals surface area contributed by atoms with Crippen LogP contribution in [0.4, 0.5) is 11.4 Å². The summed E-state index contributed by atoms with van der Waals surface area (Å²) >= 11 is 6.15. The maximum atomic E-state index is 13.0. The molecule has 0 atom stereocenters. The number of carbonyl (C=O) groups is 1. The SMILES string of the molecule is Cc1cccc(N(Cc2ccc(C(=O)Nc3cc(Cl)ccc3Oc3ccccc3)cc2)S(C)(=O)=O)c1. The van der Waals surface area contributed by atoms with Gasteiger partial charge < -0.3 is 10.1 Å². The highest BCUT2D eigenvalue weighted by Crippen LogP contribution is 2.32. The van der Waals surface area contributed by atoms with Crippen LogP contribution < -0.4 is 14.4 Å². The molecule has 36 heavy (non-hydrogen) atoms. The van der Waals surface area contributed by atoms with Gasteiger partial charge in [0.05, 0.1) is 24.2 Å². The maximum Gasteiger partial charge on any atom is 0.255 e. The Balaban J connectivity index is 1.51. The number of anilines is 2. The Bertz CT molecular complexity index is 1470. The molecule has 4 aromatic carbocycles. The highest BCUT2D eigenvalue weighted by molar-refractivity contribution is 7.92. The zero-order valence-corrected chi connectivity index (χ0v) is 21.4. The fourth-order valence-electron chi connectivity index (χ4n) is 3.61. The van der Waals surface area contributed by atoms with E-state index in [-0.39, 0.29) is 12.5 Å². The Morgan fingerprint density at radius 3 is 2.31 bits per heavy atom. The van der Waals surface area contributed by atoms with E-state index < -0.39 is 10.0 Å². The van der Waals surface area contributed by atoms with Crippen LogP contribution in [0.5, 0.6) is 11.5 Å². The Kier molecular flexibility index (Phi) is 7.62. The van der Waals surface area contributed by atoms with E-state index in [4.69, 9.17) is 16.3 Å². The molecule has 1 N–H and O–H groups in total. The summed E-state index contributed by atoms with van der Waals surface area (Å²) in [6.07, 6.45) is 1.18. The largest absolute Gasteiger partial charge is 0.455 e. The van der Waals surface area contributed by atoms with Gasteiger partial charge in [-0.15, -0.1) is 0 Å². The van der Waals surface area contributed by atoms with E-state index in [2.05, 4.69) is 5.32 Å². The van der Waals surface area contributed by atoms with Crippen LogP contribution in [0.15, 0.2) is 97.1 Å². The molecular formula is C28H25ClN2O4S. The van der Waals surface area contributed by atoms with Gasteiger partial charge in [-0.05, 0) is 72.6 Å². The van der Waals surface area contributed by atoms with Gasteiger partial charge in [-0.2, -0.15) is 0 Å². The summed E-state index contributed by atoms with van der Waals surface area (Å²) in [7, 11) is -3.51. The zero-order valence-electron chi connectivity index (χ0n) is 19.8. The topological polar surface area (TPSA) is 75.7 Å². The van der Waals surface area contributed by atoms with Gasteiger partial charge in [-0.3, -0.25) is 9.10 Å². The monoisotopic (exact) mass is 520 g/mol. The third-order valence-electron chi connectivity index (χ3n) is 5.39. The molecule has 0 unspecified atom stereocenters. The lowest BCUT2D eigenvalue weighted by molar-refractivity contribution is 0.102.